The number of aliphatic hydroxyl groups is 1. The molecule has 0 bridgehead atoms. The average Bonchev–Trinajstić information content (AvgIpc) is 2.66. The highest BCUT2D eigenvalue weighted by molar-refractivity contribution is 9.10. The van der Waals surface area contributed by atoms with E-state index >= 15 is 0 Å². The maximum atomic E-state index is 10.7. The Balaban J connectivity index is 2.25. The number of rotatable bonds is 4. The average molecular weight is 337 g/mol. The van der Waals surface area contributed by atoms with Gasteiger partial charge in [-0.05, 0) is 28.4 Å². The molecule has 0 amide bonds. The van der Waals surface area contributed by atoms with Crippen molar-refractivity contribution in [3.8, 4) is 0 Å². The Morgan fingerprint density at radius 2 is 1.90 bits per heavy atom. The molecule has 3 nitrogen and oxygen atoms in total. The first-order valence-corrected chi connectivity index (χ1v) is 7.55. The highest BCUT2D eigenvalue weighted by Gasteiger charge is 2.31. The highest BCUT2D eigenvalue weighted by Crippen LogP contribution is 2.31. The number of benzene rings is 1. The smallest absolute Gasteiger partial charge is 0.0738 e. The molecule has 1 aromatic carbocycles. The zero-order chi connectivity index (χ0) is 14.9. The lowest BCUT2D eigenvalue weighted by molar-refractivity contribution is 0.0979. The van der Waals surface area contributed by atoms with E-state index in [-0.39, 0.29) is 5.41 Å². The van der Waals surface area contributed by atoms with Crippen molar-refractivity contribution in [1.29, 1.82) is 0 Å². The van der Waals surface area contributed by atoms with Crippen LogP contribution in [0, 0.1) is 6.92 Å². The van der Waals surface area contributed by atoms with E-state index in [1.54, 1.807) is 0 Å². The monoisotopic (exact) mass is 336 g/mol. The lowest BCUT2D eigenvalue weighted by Crippen LogP contribution is -2.35. The van der Waals surface area contributed by atoms with Crippen LogP contribution in [0.25, 0.3) is 0 Å². The number of hydrogen-bond acceptors (Lipinski definition) is 2. The first kappa shape index (κ1) is 15.3. The van der Waals surface area contributed by atoms with Crippen molar-refractivity contribution in [2.75, 3.05) is 0 Å². The van der Waals surface area contributed by atoms with E-state index in [1.165, 1.54) is 0 Å². The van der Waals surface area contributed by atoms with Crippen LogP contribution >= 0.6 is 15.9 Å². The molecule has 20 heavy (non-hydrogen) atoms. The molecule has 1 heterocycles. The maximum absolute atomic E-state index is 10.7. The van der Waals surface area contributed by atoms with E-state index < -0.39 is 6.10 Å². The van der Waals surface area contributed by atoms with Crippen LogP contribution in [-0.2, 0) is 18.9 Å². The van der Waals surface area contributed by atoms with E-state index in [1.807, 2.05) is 36.9 Å². The van der Waals surface area contributed by atoms with Gasteiger partial charge in [-0.1, -0.05) is 44.2 Å². The van der Waals surface area contributed by atoms with Gasteiger partial charge in [-0.15, -0.1) is 0 Å². The third-order valence-electron chi connectivity index (χ3n) is 4.00. The van der Waals surface area contributed by atoms with Crippen LogP contribution in [0.2, 0.25) is 0 Å². The minimum atomic E-state index is -0.476. The van der Waals surface area contributed by atoms with Gasteiger partial charge in [-0.25, -0.2) is 0 Å². The lowest BCUT2D eigenvalue weighted by atomic mass is 9.78. The van der Waals surface area contributed by atoms with Crippen LogP contribution in [0.15, 0.2) is 34.8 Å². The minimum Gasteiger partial charge on any atom is -0.392 e. The van der Waals surface area contributed by atoms with Gasteiger partial charge in [-0.2, -0.15) is 5.10 Å². The number of nitrogens with zero attached hydrogens (tertiary/aromatic N) is 2. The molecule has 0 aliphatic heterocycles. The Morgan fingerprint density at radius 3 is 2.40 bits per heavy atom. The van der Waals surface area contributed by atoms with Crippen molar-refractivity contribution in [1.82, 2.24) is 9.78 Å². The Morgan fingerprint density at radius 1 is 1.30 bits per heavy atom. The van der Waals surface area contributed by atoms with Gasteiger partial charge in [-0.3, -0.25) is 4.68 Å². The largest absolute Gasteiger partial charge is 0.392 e. The van der Waals surface area contributed by atoms with Crippen LogP contribution in [0.3, 0.4) is 0 Å². The van der Waals surface area contributed by atoms with Crippen LogP contribution in [0.4, 0.5) is 0 Å². The fraction of sp³-hybridized carbons (Fsp3) is 0.438. The van der Waals surface area contributed by atoms with Gasteiger partial charge in [0.15, 0.2) is 0 Å². The highest BCUT2D eigenvalue weighted by atomic mass is 79.9. The fourth-order valence-electron chi connectivity index (χ4n) is 2.40. The SMILES string of the molecule is Cc1nn(C)c(CC(O)C(C)(C)c2ccccc2)c1Br. The van der Waals surface area contributed by atoms with Crippen molar-refractivity contribution in [2.45, 2.75) is 38.7 Å². The minimum absolute atomic E-state index is 0.307. The van der Waals surface area contributed by atoms with E-state index in [0.717, 1.165) is 21.4 Å². The molecular weight excluding hydrogens is 316 g/mol. The fourth-order valence-corrected chi connectivity index (χ4v) is 2.90. The molecule has 2 rings (SSSR count). The Labute approximate surface area is 128 Å². The zero-order valence-corrected chi connectivity index (χ0v) is 14.0. The third kappa shape index (κ3) is 2.81. The number of hydrogen-bond donors (Lipinski definition) is 1. The molecule has 108 valence electrons. The van der Waals surface area contributed by atoms with Crippen LogP contribution < -0.4 is 0 Å². The van der Waals surface area contributed by atoms with Gasteiger partial charge in [0.1, 0.15) is 0 Å². The number of aryl methyl sites for hydroxylation is 2. The molecule has 2 aromatic rings. The lowest BCUT2D eigenvalue weighted by Gasteiger charge is -2.31. The molecule has 4 heteroatoms. The predicted octanol–water partition coefficient (Wildman–Crippen LogP) is 3.37. The summed E-state index contributed by atoms with van der Waals surface area (Å²) >= 11 is 3.56. The molecule has 0 fully saturated rings. The number of aromatic nitrogens is 2. The maximum Gasteiger partial charge on any atom is 0.0738 e. The molecular formula is C16H21BrN2O. The zero-order valence-electron chi connectivity index (χ0n) is 12.4. The van der Waals surface area contributed by atoms with Gasteiger partial charge in [0, 0.05) is 18.9 Å². The molecule has 1 unspecified atom stereocenters. The van der Waals surface area contributed by atoms with Crippen molar-refractivity contribution in [3.63, 3.8) is 0 Å². The number of halogens is 1. The molecule has 0 spiro atoms. The summed E-state index contributed by atoms with van der Waals surface area (Å²) in [5.74, 6) is 0. The summed E-state index contributed by atoms with van der Waals surface area (Å²) < 4.78 is 2.83. The van der Waals surface area contributed by atoms with E-state index in [0.29, 0.717) is 6.42 Å². The van der Waals surface area contributed by atoms with Crippen LogP contribution in [0.1, 0.15) is 30.8 Å². The van der Waals surface area contributed by atoms with E-state index in [9.17, 15) is 5.11 Å². The second-order valence-electron chi connectivity index (χ2n) is 5.78. The quantitative estimate of drug-likeness (QED) is 0.929. The van der Waals surface area contributed by atoms with Crippen molar-refractivity contribution >= 4 is 15.9 Å². The second kappa shape index (κ2) is 5.70. The Kier molecular flexibility index (Phi) is 4.35. The first-order chi connectivity index (χ1) is 9.34. The summed E-state index contributed by atoms with van der Waals surface area (Å²) in [6.45, 7) is 6.11. The Bertz CT molecular complexity index is 590. The number of aliphatic hydroxyl groups excluding tert-OH is 1. The van der Waals surface area contributed by atoms with Crippen LogP contribution in [0.5, 0.6) is 0 Å². The molecule has 0 saturated heterocycles. The van der Waals surface area contributed by atoms with Gasteiger partial charge in [0.25, 0.3) is 0 Å². The first-order valence-electron chi connectivity index (χ1n) is 6.75. The van der Waals surface area contributed by atoms with Gasteiger partial charge in [0.2, 0.25) is 0 Å². The summed E-state index contributed by atoms with van der Waals surface area (Å²) in [4.78, 5) is 0. The van der Waals surface area contributed by atoms with Crippen molar-refractivity contribution in [3.05, 3.63) is 51.8 Å². The molecule has 1 atom stereocenters. The summed E-state index contributed by atoms with van der Waals surface area (Å²) in [5.41, 5.74) is 2.81. The second-order valence-corrected chi connectivity index (χ2v) is 6.57. The summed E-state index contributed by atoms with van der Waals surface area (Å²) in [6.07, 6.45) is 0.0933. The molecule has 1 aromatic heterocycles. The standard InChI is InChI=1S/C16H21BrN2O/c1-11-15(17)13(19(4)18-11)10-14(20)16(2,3)12-8-6-5-7-9-12/h5-9,14,20H,10H2,1-4H3. The topological polar surface area (TPSA) is 38.0 Å². The van der Waals surface area contributed by atoms with E-state index in [4.69, 9.17) is 0 Å². The molecule has 0 saturated carbocycles. The summed E-state index contributed by atoms with van der Waals surface area (Å²) in [7, 11) is 1.91. The molecule has 1 N–H and O–H groups in total. The molecule has 0 radical (unpaired) electrons. The van der Waals surface area contributed by atoms with Gasteiger partial charge >= 0.3 is 0 Å². The molecule has 0 aliphatic rings. The van der Waals surface area contributed by atoms with Gasteiger partial charge in [0.05, 0.1) is 22.0 Å². The van der Waals surface area contributed by atoms with Gasteiger partial charge < -0.3 is 5.11 Å². The third-order valence-corrected chi connectivity index (χ3v) is 5.03. The summed E-state index contributed by atoms with van der Waals surface area (Å²) in [6, 6.07) is 10.1. The van der Waals surface area contributed by atoms with Crippen LogP contribution in [-0.4, -0.2) is 21.0 Å². The predicted molar refractivity (Wildman–Crippen MR) is 84.8 cm³/mol. The molecule has 0 aliphatic carbocycles. The summed E-state index contributed by atoms with van der Waals surface area (Å²) in [5, 5.41) is 15.1. The van der Waals surface area contributed by atoms with Crippen molar-refractivity contribution < 1.29 is 5.11 Å². The van der Waals surface area contributed by atoms with Crippen molar-refractivity contribution in [2.24, 2.45) is 7.05 Å². The normalized spacial score (nSPS) is 13.5. The van der Waals surface area contributed by atoms with E-state index in [2.05, 4.69) is 47.0 Å². The Hall–Kier alpha value is -1.13.